The molecule has 5 N–H and O–H groups in total. The number of methoxy groups -OCH3 is 1. The molecule has 8 nitrogen and oxygen atoms in total. The maximum absolute atomic E-state index is 11.3. The second-order valence-corrected chi connectivity index (χ2v) is 8.06. The van der Waals surface area contributed by atoms with E-state index in [0.29, 0.717) is 30.7 Å². The van der Waals surface area contributed by atoms with Crippen molar-refractivity contribution in [3.8, 4) is 0 Å². The van der Waals surface area contributed by atoms with Gasteiger partial charge in [-0.1, -0.05) is 12.1 Å². The third kappa shape index (κ3) is 4.55. The Hall–Kier alpha value is -2.07. The molecule has 3 rings (SSSR count). The van der Waals surface area contributed by atoms with Gasteiger partial charge in [0, 0.05) is 37.4 Å². The minimum absolute atomic E-state index is 0.0919. The summed E-state index contributed by atoms with van der Waals surface area (Å²) < 4.78 is 27.8. The van der Waals surface area contributed by atoms with Gasteiger partial charge >= 0.3 is 0 Å². The zero-order valence-corrected chi connectivity index (χ0v) is 15.4. The van der Waals surface area contributed by atoms with Gasteiger partial charge in [-0.3, -0.25) is 0 Å². The van der Waals surface area contributed by atoms with E-state index in [2.05, 4.69) is 15.3 Å². The third-order valence-corrected chi connectivity index (χ3v) is 5.31. The molecule has 1 aliphatic carbocycles. The Morgan fingerprint density at radius 3 is 2.50 bits per heavy atom. The van der Waals surface area contributed by atoms with Gasteiger partial charge in [-0.25, -0.2) is 23.5 Å². The molecule has 0 spiro atoms. The van der Waals surface area contributed by atoms with Crippen molar-refractivity contribution in [2.75, 3.05) is 12.4 Å². The van der Waals surface area contributed by atoms with Crippen LogP contribution in [0, 0.1) is 0 Å². The topological polar surface area (TPSA) is 133 Å². The molecular formula is C17H23N5O3S. The van der Waals surface area contributed by atoms with E-state index in [1.807, 2.05) is 6.07 Å². The van der Waals surface area contributed by atoms with Crippen molar-refractivity contribution in [2.24, 2.45) is 10.9 Å². The first-order valence-corrected chi connectivity index (χ1v) is 9.88. The number of hydrogen-bond acceptors (Lipinski definition) is 7. The summed E-state index contributed by atoms with van der Waals surface area (Å²) in [6.45, 7) is 0.836. The van der Waals surface area contributed by atoms with Gasteiger partial charge in [0.1, 0.15) is 12.4 Å². The normalized spacial score (nSPS) is 19.8. The predicted octanol–water partition coefficient (Wildman–Crippen LogP) is 1.09. The lowest BCUT2D eigenvalue weighted by Crippen LogP contribution is -2.35. The van der Waals surface area contributed by atoms with Gasteiger partial charge in [-0.15, -0.1) is 0 Å². The number of nitrogens with two attached hydrogens (primary N) is 2. The van der Waals surface area contributed by atoms with Gasteiger partial charge in [-0.05, 0) is 30.5 Å². The van der Waals surface area contributed by atoms with E-state index in [9.17, 15) is 8.42 Å². The van der Waals surface area contributed by atoms with Crippen molar-refractivity contribution >= 4 is 15.8 Å². The Balaban J connectivity index is 1.72. The van der Waals surface area contributed by atoms with Crippen molar-refractivity contribution in [1.29, 1.82) is 0 Å². The molecule has 1 fully saturated rings. The number of primary sulfonamides is 1. The Kier molecular flexibility index (Phi) is 5.52. The van der Waals surface area contributed by atoms with Crippen molar-refractivity contribution in [2.45, 2.75) is 42.8 Å². The van der Waals surface area contributed by atoms with Crippen molar-refractivity contribution in [1.82, 2.24) is 9.97 Å². The molecular weight excluding hydrogens is 354 g/mol. The number of sulfonamides is 1. The summed E-state index contributed by atoms with van der Waals surface area (Å²) in [5, 5.41) is 8.36. The Morgan fingerprint density at radius 2 is 1.92 bits per heavy atom. The summed E-state index contributed by atoms with van der Waals surface area (Å²) in [7, 11) is -2.07. The number of ether oxygens (including phenoxy) is 1. The molecule has 2 aromatic rings. The summed E-state index contributed by atoms with van der Waals surface area (Å²) in [6.07, 6.45) is 1.86. The molecule has 0 saturated heterocycles. The zero-order chi connectivity index (χ0) is 18.7. The molecule has 0 bridgehead atoms. The molecule has 1 aromatic carbocycles. The highest BCUT2D eigenvalue weighted by Crippen LogP contribution is 2.35. The highest BCUT2D eigenvalue weighted by Gasteiger charge is 2.29. The summed E-state index contributed by atoms with van der Waals surface area (Å²) in [5.41, 5.74) is 7.77. The standard InChI is InChI=1S/C17H23N5O3S/c1-25-10-17-21-15(12-6-13(18)7-12)8-16(22-17)20-9-11-2-4-14(5-3-11)26(19,23)24/h2-5,8,12-13H,6-7,9-10,18H2,1H3,(H2,19,23,24)(H,20,21,22). The lowest BCUT2D eigenvalue weighted by Gasteiger charge is -2.32. The van der Waals surface area contributed by atoms with Gasteiger partial charge < -0.3 is 15.8 Å². The average molecular weight is 377 g/mol. The summed E-state index contributed by atoms with van der Waals surface area (Å²) in [4.78, 5) is 9.11. The first kappa shape index (κ1) is 18.7. The molecule has 1 aromatic heterocycles. The van der Waals surface area contributed by atoms with Crippen LogP contribution in [-0.4, -0.2) is 31.5 Å². The van der Waals surface area contributed by atoms with Crippen LogP contribution in [0.1, 0.15) is 35.8 Å². The second kappa shape index (κ2) is 7.67. The van der Waals surface area contributed by atoms with E-state index in [4.69, 9.17) is 15.6 Å². The third-order valence-electron chi connectivity index (χ3n) is 4.38. The first-order chi connectivity index (χ1) is 12.3. The largest absolute Gasteiger partial charge is 0.377 e. The van der Waals surface area contributed by atoms with Crippen LogP contribution in [0.3, 0.4) is 0 Å². The van der Waals surface area contributed by atoms with Crippen LogP contribution in [0.15, 0.2) is 35.2 Å². The SMILES string of the molecule is COCc1nc(NCc2ccc(S(N)(=O)=O)cc2)cc(C2CC(N)C2)n1. The Labute approximate surface area is 153 Å². The van der Waals surface area contributed by atoms with E-state index in [1.54, 1.807) is 19.2 Å². The smallest absolute Gasteiger partial charge is 0.238 e. The van der Waals surface area contributed by atoms with Crippen LogP contribution in [0.4, 0.5) is 5.82 Å². The molecule has 140 valence electrons. The molecule has 1 saturated carbocycles. The van der Waals surface area contributed by atoms with Gasteiger partial charge in [0.25, 0.3) is 0 Å². The number of aromatic nitrogens is 2. The average Bonchev–Trinajstić information content (AvgIpc) is 2.57. The second-order valence-electron chi connectivity index (χ2n) is 6.50. The van der Waals surface area contributed by atoms with E-state index in [0.717, 1.165) is 24.1 Å². The van der Waals surface area contributed by atoms with Crippen molar-refractivity contribution in [3.63, 3.8) is 0 Å². The monoisotopic (exact) mass is 377 g/mol. The lowest BCUT2D eigenvalue weighted by molar-refractivity contribution is 0.177. The van der Waals surface area contributed by atoms with Crippen molar-refractivity contribution < 1.29 is 13.2 Å². The molecule has 0 aliphatic heterocycles. The van der Waals surface area contributed by atoms with E-state index >= 15 is 0 Å². The highest BCUT2D eigenvalue weighted by atomic mass is 32.2. The highest BCUT2D eigenvalue weighted by molar-refractivity contribution is 7.89. The van der Waals surface area contributed by atoms with E-state index in [-0.39, 0.29) is 10.9 Å². The number of benzene rings is 1. The number of anilines is 1. The van der Waals surface area contributed by atoms with Crippen molar-refractivity contribution in [3.05, 3.63) is 47.4 Å². The van der Waals surface area contributed by atoms with Crippen LogP contribution in [0.5, 0.6) is 0 Å². The molecule has 1 aliphatic rings. The summed E-state index contributed by atoms with van der Waals surface area (Å²) >= 11 is 0. The lowest BCUT2D eigenvalue weighted by atomic mass is 9.78. The van der Waals surface area contributed by atoms with Crippen LogP contribution in [0.25, 0.3) is 0 Å². The number of nitrogens with zero attached hydrogens (tertiary/aromatic N) is 2. The van der Waals surface area contributed by atoms with Crippen LogP contribution < -0.4 is 16.2 Å². The fourth-order valence-electron chi connectivity index (χ4n) is 2.90. The van der Waals surface area contributed by atoms with Gasteiger partial charge in [0.2, 0.25) is 10.0 Å². The van der Waals surface area contributed by atoms with Gasteiger partial charge in [-0.2, -0.15) is 0 Å². The fourth-order valence-corrected chi connectivity index (χ4v) is 3.42. The van der Waals surface area contributed by atoms with Crippen LogP contribution in [0.2, 0.25) is 0 Å². The fraction of sp³-hybridized carbons (Fsp3) is 0.412. The van der Waals surface area contributed by atoms with Gasteiger partial charge in [0.05, 0.1) is 4.90 Å². The molecule has 1 heterocycles. The minimum atomic E-state index is -3.68. The van der Waals surface area contributed by atoms with Gasteiger partial charge in [0.15, 0.2) is 5.82 Å². The van der Waals surface area contributed by atoms with Crippen LogP contribution >= 0.6 is 0 Å². The quantitative estimate of drug-likeness (QED) is 0.657. The Bertz CT molecular complexity index is 864. The number of nitrogens with one attached hydrogen (secondary N) is 1. The summed E-state index contributed by atoms with van der Waals surface area (Å²) in [5.74, 6) is 1.69. The minimum Gasteiger partial charge on any atom is -0.377 e. The zero-order valence-electron chi connectivity index (χ0n) is 14.6. The molecule has 0 atom stereocenters. The maximum atomic E-state index is 11.3. The molecule has 9 heteroatoms. The molecule has 26 heavy (non-hydrogen) atoms. The molecule has 0 radical (unpaired) electrons. The number of hydrogen-bond donors (Lipinski definition) is 3. The molecule has 0 unspecified atom stereocenters. The molecule has 0 amide bonds. The Morgan fingerprint density at radius 1 is 1.23 bits per heavy atom. The first-order valence-electron chi connectivity index (χ1n) is 8.33. The maximum Gasteiger partial charge on any atom is 0.238 e. The summed E-state index contributed by atoms with van der Waals surface area (Å²) in [6, 6.07) is 8.60. The van der Waals surface area contributed by atoms with Crippen LogP contribution in [-0.2, 0) is 27.9 Å². The van der Waals surface area contributed by atoms with E-state index in [1.165, 1.54) is 12.1 Å². The number of rotatable bonds is 7. The predicted molar refractivity (Wildman–Crippen MR) is 97.8 cm³/mol. The van der Waals surface area contributed by atoms with E-state index < -0.39 is 10.0 Å².